The van der Waals surface area contributed by atoms with Gasteiger partial charge in [-0.2, -0.15) is 0 Å². The van der Waals surface area contributed by atoms with Crippen molar-refractivity contribution in [3.63, 3.8) is 0 Å². The van der Waals surface area contributed by atoms with Crippen molar-refractivity contribution in [3.05, 3.63) is 46.8 Å². The van der Waals surface area contributed by atoms with Crippen LogP contribution in [0, 0.1) is 6.92 Å². The predicted octanol–water partition coefficient (Wildman–Crippen LogP) is 2.59. The minimum atomic E-state index is 0.195. The number of hydrazine groups is 1. The number of ether oxygens (including phenoxy) is 2. The molecule has 0 saturated carbocycles. The summed E-state index contributed by atoms with van der Waals surface area (Å²) in [4.78, 5) is 12.8. The van der Waals surface area contributed by atoms with Crippen LogP contribution in [0.5, 0.6) is 0 Å². The second-order valence-corrected chi connectivity index (χ2v) is 9.43. The first kappa shape index (κ1) is 21.2. The molecule has 2 saturated heterocycles. The molecule has 2 fully saturated rings. The number of nitrogens with zero attached hydrogens (tertiary/aromatic N) is 4. The van der Waals surface area contributed by atoms with Gasteiger partial charge in [0.15, 0.2) is 5.65 Å². The highest BCUT2D eigenvalue weighted by Gasteiger charge is 2.31. The van der Waals surface area contributed by atoms with Crippen LogP contribution in [0.1, 0.15) is 35.2 Å². The molecule has 33 heavy (non-hydrogen) atoms. The van der Waals surface area contributed by atoms with Crippen LogP contribution in [0.3, 0.4) is 0 Å². The van der Waals surface area contributed by atoms with Crippen LogP contribution in [-0.2, 0) is 22.4 Å². The highest BCUT2D eigenvalue weighted by atomic mass is 16.5. The van der Waals surface area contributed by atoms with Crippen LogP contribution in [0.15, 0.2) is 24.5 Å². The normalized spacial score (nSPS) is 24.8. The summed E-state index contributed by atoms with van der Waals surface area (Å²) in [7, 11) is 0. The summed E-state index contributed by atoms with van der Waals surface area (Å²) in [6, 6.07) is 5.25. The second kappa shape index (κ2) is 8.77. The molecule has 1 aromatic carbocycles. The lowest BCUT2D eigenvalue weighted by atomic mass is 9.88. The van der Waals surface area contributed by atoms with Crippen molar-refractivity contribution in [2.24, 2.45) is 0 Å². The minimum Gasteiger partial charge on any atom is -0.378 e. The van der Waals surface area contributed by atoms with E-state index in [1.54, 1.807) is 0 Å². The Morgan fingerprint density at radius 3 is 2.88 bits per heavy atom. The highest BCUT2D eigenvalue weighted by Crippen LogP contribution is 2.34. The standard InChI is InChI=1S/C25H32N6O2/c1-16-11-27-25-24(16)29-22(12-28-25)19-9-18-3-5-30(31-6-8-33-14-17(31)2)13-21(18)20(10-19)23-15-32-7-4-26-23/h9-12,17,23,26H,3-8,13-15H2,1-2H3,(H,27,28)/t17-,23-/m0/s1. The Morgan fingerprint density at radius 1 is 1.12 bits per heavy atom. The number of aromatic nitrogens is 3. The molecular formula is C25H32N6O2. The molecule has 2 N–H and O–H groups in total. The molecule has 3 aliphatic rings. The average Bonchev–Trinajstić information content (AvgIpc) is 3.24. The largest absolute Gasteiger partial charge is 0.378 e. The lowest BCUT2D eigenvalue weighted by Crippen LogP contribution is -2.55. The van der Waals surface area contributed by atoms with E-state index in [0.29, 0.717) is 12.6 Å². The summed E-state index contributed by atoms with van der Waals surface area (Å²) >= 11 is 0. The number of aryl methyl sites for hydroxylation is 1. The van der Waals surface area contributed by atoms with Gasteiger partial charge in [-0.25, -0.2) is 20.0 Å². The van der Waals surface area contributed by atoms with Crippen LogP contribution in [0.25, 0.3) is 22.4 Å². The summed E-state index contributed by atoms with van der Waals surface area (Å²) in [5.41, 5.74) is 9.15. The number of rotatable bonds is 3. The maximum Gasteiger partial charge on any atom is 0.156 e. The van der Waals surface area contributed by atoms with E-state index < -0.39 is 0 Å². The van der Waals surface area contributed by atoms with Gasteiger partial charge in [-0.1, -0.05) is 0 Å². The number of hydrogen-bond acceptors (Lipinski definition) is 7. The van der Waals surface area contributed by atoms with Gasteiger partial charge in [0.05, 0.1) is 44.4 Å². The molecule has 8 nitrogen and oxygen atoms in total. The number of nitrogens with one attached hydrogen (secondary N) is 2. The number of aromatic amines is 1. The molecule has 0 bridgehead atoms. The van der Waals surface area contributed by atoms with Crippen molar-refractivity contribution >= 4 is 11.2 Å². The molecule has 0 unspecified atom stereocenters. The number of hydrogen-bond donors (Lipinski definition) is 2. The summed E-state index contributed by atoms with van der Waals surface area (Å²) < 4.78 is 11.5. The van der Waals surface area contributed by atoms with Crippen molar-refractivity contribution in [2.75, 3.05) is 46.1 Å². The fourth-order valence-corrected chi connectivity index (χ4v) is 5.42. The van der Waals surface area contributed by atoms with Gasteiger partial charge in [0.2, 0.25) is 0 Å². The predicted molar refractivity (Wildman–Crippen MR) is 127 cm³/mol. The third kappa shape index (κ3) is 3.96. The van der Waals surface area contributed by atoms with Crippen molar-refractivity contribution < 1.29 is 9.47 Å². The monoisotopic (exact) mass is 448 g/mol. The Kier molecular flexibility index (Phi) is 5.63. The van der Waals surface area contributed by atoms with Gasteiger partial charge in [-0.3, -0.25) is 0 Å². The van der Waals surface area contributed by atoms with Crippen LogP contribution in [-0.4, -0.2) is 77.1 Å². The fraction of sp³-hybridized carbons (Fsp3) is 0.520. The number of fused-ring (bicyclic) bond motifs is 2. The maximum absolute atomic E-state index is 5.86. The van der Waals surface area contributed by atoms with Crippen molar-refractivity contribution in [3.8, 4) is 11.3 Å². The highest BCUT2D eigenvalue weighted by molar-refractivity contribution is 5.78. The van der Waals surface area contributed by atoms with Gasteiger partial charge in [-0.05, 0) is 54.7 Å². The van der Waals surface area contributed by atoms with Gasteiger partial charge in [0.1, 0.15) is 5.52 Å². The number of morpholine rings is 2. The average molecular weight is 449 g/mol. The molecule has 0 radical (unpaired) electrons. The third-order valence-corrected chi connectivity index (χ3v) is 7.22. The molecule has 174 valence electrons. The lowest BCUT2D eigenvalue weighted by molar-refractivity contribution is -0.130. The summed E-state index contributed by atoms with van der Waals surface area (Å²) in [5, 5.41) is 8.71. The Balaban J connectivity index is 1.40. The zero-order valence-electron chi connectivity index (χ0n) is 19.4. The van der Waals surface area contributed by atoms with Gasteiger partial charge in [-0.15, -0.1) is 0 Å². The van der Waals surface area contributed by atoms with E-state index >= 15 is 0 Å². The summed E-state index contributed by atoms with van der Waals surface area (Å²) in [6.07, 6.45) is 4.88. The van der Waals surface area contributed by atoms with E-state index in [1.165, 1.54) is 16.7 Å². The molecule has 2 aromatic heterocycles. The smallest absolute Gasteiger partial charge is 0.156 e. The minimum absolute atomic E-state index is 0.195. The quantitative estimate of drug-likeness (QED) is 0.638. The molecule has 6 rings (SSSR count). The van der Waals surface area contributed by atoms with Crippen molar-refractivity contribution in [1.29, 1.82) is 0 Å². The second-order valence-electron chi connectivity index (χ2n) is 9.43. The van der Waals surface area contributed by atoms with Gasteiger partial charge < -0.3 is 19.8 Å². The summed E-state index contributed by atoms with van der Waals surface area (Å²) in [6.45, 7) is 11.2. The van der Waals surface area contributed by atoms with Crippen molar-refractivity contribution in [2.45, 2.75) is 38.9 Å². The fourth-order valence-electron chi connectivity index (χ4n) is 5.42. The first-order chi connectivity index (χ1) is 16.2. The SMILES string of the molecule is Cc1c[nH]c2ncc(-c3cc4c(c([C@@H]5COCCN5)c3)CN(N3CCOC[C@@H]3C)CC4)nc12. The van der Waals surface area contributed by atoms with Gasteiger partial charge >= 0.3 is 0 Å². The van der Waals surface area contributed by atoms with Crippen LogP contribution in [0.2, 0.25) is 0 Å². The molecule has 0 spiro atoms. The Morgan fingerprint density at radius 2 is 2.03 bits per heavy atom. The van der Waals surface area contributed by atoms with Crippen LogP contribution < -0.4 is 5.32 Å². The van der Waals surface area contributed by atoms with E-state index in [2.05, 4.69) is 51.3 Å². The Labute approximate surface area is 194 Å². The molecule has 2 atom stereocenters. The van der Waals surface area contributed by atoms with Gasteiger partial charge in [0.25, 0.3) is 0 Å². The van der Waals surface area contributed by atoms with E-state index in [4.69, 9.17) is 14.5 Å². The van der Waals surface area contributed by atoms with E-state index in [0.717, 1.165) is 80.4 Å². The third-order valence-electron chi connectivity index (χ3n) is 7.22. The van der Waals surface area contributed by atoms with Crippen LogP contribution >= 0.6 is 0 Å². The maximum atomic E-state index is 5.86. The zero-order chi connectivity index (χ0) is 22.4. The molecule has 3 aliphatic heterocycles. The molecule has 5 heterocycles. The Bertz CT molecular complexity index is 1160. The molecule has 0 aliphatic carbocycles. The zero-order valence-corrected chi connectivity index (χ0v) is 19.4. The van der Waals surface area contributed by atoms with E-state index in [9.17, 15) is 0 Å². The topological polar surface area (TPSA) is 78.5 Å². The first-order valence-corrected chi connectivity index (χ1v) is 12.0. The number of H-pyrrole nitrogens is 1. The molecular weight excluding hydrogens is 416 g/mol. The Hall–Kier alpha value is -2.36. The van der Waals surface area contributed by atoms with Crippen molar-refractivity contribution in [1.82, 2.24) is 30.3 Å². The van der Waals surface area contributed by atoms with Crippen LogP contribution in [0.4, 0.5) is 0 Å². The number of benzene rings is 1. The molecule has 3 aromatic rings. The van der Waals surface area contributed by atoms with Gasteiger partial charge in [0, 0.05) is 44.0 Å². The first-order valence-electron chi connectivity index (χ1n) is 12.0. The van der Waals surface area contributed by atoms with E-state index in [-0.39, 0.29) is 6.04 Å². The lowest BCUT2D eigenvalue weighted by Gasteiger charge is -2.44. The molecule has 8 heteroatoms. The summed E-state index contributed by atoms with van der Waals surface area (Å²) in [5.74, 6) is 0. The molecule has 0 amide bonds. The van der Waals surface area contributed by atoms with E-state index in [1.807, 2.05) is 12.4 Å².